The van der Waals surface area contributed by atoms with Gasteiger partial charge in [0.15, 0.2) is 5.96 Å². The van der Waals surface area contributed by atoms with Gasteiger partial charge in [0, 0.05) is 38.0 Å². The molecule has 1 aromatic carbocycles. The molecule has 5 nitrogen and oxygen atoms in total. The molecule has 0 amide bonds. The van der Waals surface area contributed by atoms with Gasteiger partial charge in [0.2, 0.25) is 0 Å². The van der Waals surface area contributed by atoms with Crippen LogP contribution in [0.1, 0.15) is 39.5 Å². The van der Waals surface area contributed by atoms with Gasteiger partial charge in [-0.05, 0) is 50.9 Å². The van der Waals surface area contributed by atoms with E-state index in [1.165, 1.54) is 41.9 Å². The smallest absolute Gasteiger partial charge is 0.191 e. The SMILES string of the molecule is CN=C(NCCc1sc(C)nc1C)NCc1ccc(CN2CCCC2)cc1. The molecule has 146 valence electrons. The fraction of sp³-hybridized carbons (Fsp3) is 0.524. The third kappa shape index (κ3) is 6.04. The van der Waals surface area contributed by atoms with E-state index in [2.05, 4.69) is 63.6 Å². The number of rotatable bonds is 7. The lowest BCUT2D eigenvalue weighted by Crippen LogP contribution is -2.37. The number of aromatic nitrogens is 1. The minimum atomic E-state index is 0.780. The molecule has 6 heteroatoms. The summed E-state index contributed by atoms with van der Waals surface area (Å²) in [6, 6.07) is 8.94. The lowest BCUT2D eigenvalue weighted by molar-refractivity contribution is 0.331. The molecular formula is C21H31N5S. The van der Waals surface area contributed by atoms with E-state index in [1.54, 1.807) is 11.3 Å². The lowest BCUT2D eigenvalue weighted by atomic mass is 10.1. The molecule has 1 aromatic heterocycles. The van der Waals surface area contributed by atoms with Gasteiger partial charge in [-0.1, -0.05) is 24.3 Å². The summed E-state index contributed by atoms with van der Waals surface area (Å²) >= 11 is 1.78. The minimum Gasteiger partial charge on any atom is -0.356 e. The molecule has 0 aliphatic carbocycles. The van der Waals surface area contributed by atoms with Gasteiger partial charge in [0.25, 0.3) is 0 Å². The zero-order chi connectivity index (χ0) is 19.1. The predicted molar refractivity (Wildman–Crippen MR) is 114 cm³/mol. The van der Waals surface area contributed by atoms with Crippen LogP contribution in [0.4, 0.5) is 0 Å². The Balaban J connectivity index is 1.41. The van der Waals surface area contributed by atoms with E-state index in [0.717, 1.165) is 42.7 Å². The number of benzene rings is 1. The second-order valence-electron chi connectivity index (χ2n) is 7.14. The largest absolute Gasteiger partial charge is 0.356 e. The topological polar surface area (TPSA) is 52.6 Å². The van der Waals surface area contributed by atoms with Gasteiger partial charge in [0.05, 0.1) is 10.7 Å². The maximum absolute atomic E-state index is 4.49. The summed E-state index contributed by atoms with van der Waals surface area (Å²) in [5, 5.41) is 7.93. The third-order valence-electron chi connectivity index (χ3n) is 4.96. The first-order valence-electron chi connectivity index (χ1n) is 9.81. The summed E-state index contributed by atoms with van der Waals surface area (Å²) in [6.07, 6.45) is 3.66. The molecule has 1 saturated heterocycles. The normalized spacial score (nSPS) is 15.3. The molecule has 27 heavy (non-hydrogen) atoms. The standard InChI is InChI=1S/C21H31N5S/c1-16-20(27-17(2)25-16)10-11-23-21(22-3)24-14-18-6-8-19(9-7-18)15-26-12-4-5-13-26/h6-9H,4-5,10-15H2,1-3H3,(H2,22,23,24). The fourth-order valence-corrected chi connectivity index (χ4v) is 4.40. The quantitative estimate of drug-likeness (QED) is 0.567. The molecule has 1 aliphatic heterocycles. The summed E-state index contributed by atoms with van der Waals surface area (Å²) < 4.78 is 0. The number of thiazole rings is 1. The van der Waals surface area contributed by atoms with Crippen LogP contribution in [0.3, 0.4) is 0 Å². The monoisotopic (exact) mass is 385 g/mol. The summed E-state index contributed by atoms with van der Waals surface area (Å²) in [4.78, 5) is 12.7. The van der Waals surface area contributed by atoms with Gasteiger partial charge >= 0.3 is 0 Å². The Labute approximate surface area is 166 Å². The van der Waals surface area contributed by atoms with E-state index >= 15 is 0 Å². The lowest BCUT2D eigenvalue weighted by Gasteiger charge is -2.15. The van der Waals surface area contributed by atoms with Crippen LogP contribution in [0.2, 0.25) is 0 Å². The fourth-order valence-electron chi connectivity index (χ4n) is 3.47. The molecule has 0 radical (unpaired) electrons. The van der Waals surface area contributed by atoms with Crippen molar-refractivity contribution in [2.75, 3.05) is 26.7 Å². The Kier molecular flexibility index (Phi) is 7.24. The Morgan fingerprint density at radius 1 is 1.11 bits per heavy atom. The van der Waals surface area contributed by atoms with E-state index in [1.807, 2.05) is 7.05 Å². The van der Waals surface area contributed by atoms with Gasteiger partial charge < -0.3 is 10.6 Å². The molecule has 0 spiro atoms. The van der Waals surface area contributed by atoms with Gasteiger partial charge in [-0.2, -0.15) is 0 Å². The molecule has 3 rings (SSSR count). The van der Waals surface area contributed by atoms with Crippen molar-refractivity contribution in [1.82, 2.24) is 20.5 Å². The van der Waals surface area contributed by atoms with Gasteiger partial charge in [-0.25, -0.2) is 4.98 Å². The van der Waals surface area contributed by atoms with Crippen molar-refractivity contribution in [3.63, 3.8) is 0 Å². The number of hydrogen-bond acceptors (Lipinski definition) is 4. The number of likely N-dealkylation sites (tertiary alicyclic amines) is 1. The van der Waals surface area contributed by atoms with Crippen LogP contribution in [0.25, 0.3) is 0 Å². The molecule has 2 aromatic rings. The van der Waals surface area contributed by atoms with E-state index in [0.29, 0.717) is 0 Å². The van der Waals surface area contributed by atoms with E-state index in [4.69, 9.17) is 0 Å². The summed E-state index contributed by atoms with van der Waals surface area (Å²) in [7, 11) is 1.82. The van der Waals surface area contributed by atoms with Crippen LogP contribution in [0.5, 0.6) is 0 Å². The van der Waals surface area contributed by atoms with Crippen molar-refractivity contribution in [1.29, 1.82) is 0 Å². The van der Waals surface area contributed by atoms with E-state index in [9.17, 15) is 0 Å². The van der Waals surface area contributed by atoms with Crippen molar-refractivity contribution in [3.05, 3.63) is 51.0 Å². The summed E-state index contributed by atoms with van der Waals surface area (Å²) in [5.74, 6) is 0.843. The first-order chi connectivity index (χ1) is 13.1. The molecule has 0 unspecified atom stereocenters. The molecule has 0 atom stereocenters. The molecular weight excluding hydrogens is 354 g/mol. The van der Waals surface area contributed by atoms with Crippen LogP contribution in [0.15, 0.2) is 29.3 Å². The summed E-state index contributed by atoms with van der Waals surface area (Å²) in [6.45, 7) is 9.34. The Bertz CT molecular complexity index is 744. The maximum atomic E-state index is 4.49. The first kappa shape index (κ1) is 19.8. The van der Waals surface area contributed by atoms with Gasteiger partial charge in [0.1, 0.15) is 0 Å². The number of nitrogens with one attached hydrogen (secondary N) is 2. The highest BCUT2D eigenvalue weighted by Gasteiger charge is 2.11. The summed E-state index contributed by atoms with van der Waals surface area (Å²) in [5.41, 5.74) is 3.83. The van der Waals surface area contributed by atoms with Crippen molar-refractivity contribution < 1.29 is 0 Å². The maximum Gasteiger partial charge on any atom is 0.191 e. The highest BCUT2D eigenvalue weighted by Crippen LogP contribution is 2.17. The van der Waals surface area contributed by atoms with E-state index < -0.39 is 0 Å². The Morgan fingerprint density at radius 3 is 2.44 bits per heavy atom. The van der Waals surface area contributed by atoms with Crippen molar-refractivity contribution in [3.8, 4) is 0 Å². The first-order valence-corrected chi connectivity index (χ1v) is 10.6. The number of nitrogens with zero attached hydrogens (tertiary/aromatic N) is 3. The average Bonchev–Trinajstić information content (AvgIpc) is 3.28. The number of hydrogen-bond donors (Lipinski definition) is 2. The van der Waals surface area contributed by atoms with Gasteiger partial charge in [-0.15, -0.1) is 11.3 Å². The molecule has 1 aliphatic rings. The second kappa shape index (κ2) is 9.85. The Hall–Kier alpha value is -1.92. The van der Waals surface area contributed by atoms with Crippen molar-refractivity contribution in [2.24, 2.45) is 4.99 Å². The number of aryl methyl sites for hydroxylation is 2. The van der Waals surface area contributed by atoms with Crippen LogP contribution in [-0.2, 0) is 19.5 Å². The molecule has 1 fully saturated rings. The second-order valence-corrected chi connectivity index (χ2v) is 8.43. The molecule has 0 bridgehead atoms. The zero-order valence-corrected chi connectivity index (χ0v) is 17.5. The minimum absolute atomic E-state index is 0.780. The van der Waals surface area contributed by atoms with Crippen molar-refractivity contribution >= 4 is 17.3 Å². The highest BCUT2D eigenvalue weighted by atomic mass is 32.1. The average molecular weight is 386 g/mol. The third-order valence-corrected chi connectivity index (χ3v) is 6.09. The Morgan fingerprint density at radius 2 is 1.81 bits per heavy atom. The predicted octanol–water partition coefficient (Wildman–Crippen LogP) is 3.26. The number of guanidine groups is 1. The van der Waals surface area contributed by atoms with Crippen LogP contribution < -0.4 is 10.6 Å². The van der Waals surface area contributed by atoms with Crippen molar-refractivity contribution in [2.45, 2.75) is 46.2 Å². The highest BCUT2D eigenvalue weighted by molar-refractivity contribution is 7.11. The van der Waals surface area contributed by atoms with Gasteiger partial charge in [-0.3, -0.25) is 9.89 Å². The zero-order valence-electron chi connectivity index (χ0n) is 16.7. The molecule has 2 heterocycles. The molecule has 0 saturated carbocycles. The molecule has 2 N–H and O–H groups in total. The van der Waals surface area contributed by atoms with Crippen LogP contribution in [0, 0.1) is 13.8 Å². The van der Waals surface area contributed by atoms with Crippen LogP contribution in [-0.4, -0.2) is 42.5 Å². The van der Waals surface area contributed by atoms with Crippen LogP contribution >= 0.6 is 11.3 Å². The van der Waals surface area contributed by atoms with E-state index in [-0.39, 0.29) is 0 Å². The number of aliphatic imine (C=N–C) groups is 1.